The van der Waals surface area contributed by atoms with Crippen molar-refractivity contribution in [1.82, 2.24) is 20.4 Å². The Bertz CT molecular complexity index is 414. The summed E-state index contributed by atoms with van der Waals surface area (Å²) in [4.78, 5) is 21.2. The second kappa shape index (κ2) is 13.0. The molecule has 0 saturated carbocycles. The average molecular weight is 368 g/mol. The first-order valence-electron chi connectivity index (χ1n) is 10.5. The van der Waals surface area contributed by atoms with Gasteiger partial charge in [0.1, 0.15) is 0 Å². The predicted molar refractivity (Wildman–Crippen MR) is 111 cm³/mol. The van der Waals surface area contributed by atoms with Crippen LogP contribution in [-0.4, -0.2) is 73.0 Å². The third-order valence-electron chi connectivity index (χ3n) is 4.86. The molecule has 0 aromatic carbocycles. The van der Waals surface area contributed by atoms with Gasteiger partial charge in [0.15, 0.2) is 5.96 Å². The van der Waals surface area contributed by atoms with Crippen LogP contribution in [0.15, 0.2) is 4.99 Å². The Labute approximate surface area is 160 Å². The van der Waals surface area contributed by atoms with Crippen molar-refractivity contribution >= 4 is 11.9 Å². The number of nitrogens with zero attached hydrogens (tertiary/aromatic N) is 3. The van der Waals surface area contributed by atoms with E-state index in [9.17, 15) is 4.79 Å². The van der Waals surface area contributed by atoms with Crippen molar-refractivity contribution in [2.75, 3.05) is 39.3 Å². The predicted octanol–water partition coefficient (Wildman–Crippen LogP) is 2.45. The van der Waals surface area contributed by atoms with Gasteiger partial charge in [0.25, 0.3) is 0 Å². The van der Waals surface area contributed by atoms with Gasteiger partial charge in [0, 0.05) is 57.8 Å². The largest absolute Gasteiger partial charge is 0.357 e. The zero-order valence-corrected chi connectivity index (χ0v) is 17.7. The van der Waals surface area contributed by atoms with E-state index < -0.39 is 0 Å². The van der Waals surface area contributed by atoms with Gasteiger partial charge in [0.05, 0.1) is 0 Å². The van der Waals surface area contributed by atoms with E-state index in [1.54, 1.807) is 0 Å². The summed E-state index contributed by atoms with van der Waals surface area (Å²) in [6.07, 6.45) is 5.01. The number of carbonyl (C=O) groups excluding carboxylic acids is 1. The zero-order valence-electron chi connectivity index (χ0n) is 17.7. The van der Waals surface area contributed by atoms with Crippen LogP contribution in [0.3, 0.4) is 0 Å². The fourth-order valence-electron chi connectivity index (χ4n) is 3.49. The molecule has 0 radical (unpaired) electrons. The van der Waals surface area contributed by atoms with Crippen molar-refractivity contribution < 1.29 is 4.79 Å². The minimum absolute atomic E-state index is 0.318. The number of hydrogen-bond donors (Lipinski definition) is 2. The summed E-state index contributed by atoms with van der Waals surface area (Å²) in [6.45, 7) is 16.3. The molecule has 0 unspecified atom stereocenters. The highest BCUT2D eigenvalue weighted by atomic mass is 16.2. The zero-order chi connectivity index (χ0) is 19.4. The Balaban J connectivity index is 2.36. The minimum Gasteiger partial charge on any atom is -0.357 e. The number of guanidine groups is 1. The maximum absolute atomic E-state index is 12.0. The van der Waals surface area contributed by atoms with Crippen LogP contribution in [0.4, 0.5) is 0 Å². The van der Waals surface area contributed by atoms with Crippen LogP contribution in [0.25, 0.3) is 0 Å². The Hall–Kier alpha value is -1.30. The molecule has 1 heterocycles. The van der Waals surface area contributed by atoms with E-state index in [1.165, 1.54) is 6.42 Å². The number of rotatable bonds is 10. The fourth-order valence-corrected chi connectivity index (χ4v) is 3.49. The SMILES string of the molecule is CCNC(=NCCCN1CCCCCC1=O)NCCN(C(C)C)C(C)C. The van der Waals surface area contributed by atoms with Gasteiger partial charge in [-0.2, -0.15) is 0 Å². The molecule has 0 aromatic heterocycles. The van der Waals surface area contributed by atoms with E-state index in [2.05, 4.69) is 55.1 Å². The molecule has 0 aromatic rings. The van der Waals surface area contributed by atoms with Crippen LogP contribution >= 0.6 is 0 Å². The second-order valence-corrected chi connectivity index (χ2v) is 7.66. The maximum atomic E-state index is 12.0. The molecule has 0 bridgehead atoms. The van der Waals surface area contributed by atoms with Crippen LogP contribution in [0.2, 0.25) is 0 Å². The van der Waals surface area contributed by atoms with Crippen LogP contribution in [0, 0.1) is 0 Å². The van der Waals surface area contributed by atoms with E-state index in [0.29, 0.717) is 18.0 Å². The molecule has 6 heteroatoms. The molecule has 1 aliphatic rings. The third kappa shape index (κ3) is 8.88. The van der Waals surface area contributed by atoms with Gasteiger partial charge in [-0.25, -0.2) is 0 Å². The summed E-state index contributed by atoms with van der Waals surface area (Å²) >= 11 is 0. The van der Waals surface area contributed by atoms with Crippen LogP contribution in [0.1, 0.15) is 66.7 Å². The van der Waals surface area contributed by atoms with Crippen molar-refractivity contribution in [2.24, 2.45) is 4.99 Å². The molecule has 2 N–H and O–H groups in total. The number of nitrogens with one attached hydrogen (secondary N) is 2. The van der Waals surface area contributed by atoms with Crippen molar-refractivity contribution in [1.29, 1.82) is 0 Å². The highest BCUT2D eigenvalue weighted by Crippen LogP contribution is 2.11. The Kier molecular flexibility index (Phi) is 11.3. The van der Waals surface area contributed by atoms with Crippen LogP contribution in [-0.2, 0) is 4.79 Å². The summed E-state index contributed by atoms with van der Waals surface area (Å²) < 4.78 is 0. The lowest BCUT2D eigenvalue weighted by Gasteiger charge is -2.30. The molecule has 1 aliphatic heterocycles. The van der Waals surface area contributed by atoms with Crippen molar-refractivity contribution in [3.63, 3.8) is 0 Å². The van der Waals surface area contributed by atoms with Gasteiger partial charge in [0.2, 0.25) is 5.91 Å². The lowest BCUT2D eigenvalue weighted by Crippen LogP contribution is -2.45. The highest BCUT2D eigenvalue weighted by molar-refractivity contribution is 5.79. The summed E-state index contributed by atoms with van der Waals surface area (Å²) in [5.41, 5.74) is 0. The topological polar surface area (TPSA) is 60.0 Å². The van der Waals surface area contributed by atoms with E-state index in [1.807, 2.05) is 4.90 Å². The molecule has 26 heavy (non-hydrogen) atoms. The first-order valence-corrected chi connectivity index (χ1v) is 10.5. The average Bonchev–Trinajstić information content (AvgIpc) is 2.79. The first-order chi connectivity index (χ1) is 12.5. The van der Waals surface area contributed by atoms with Gasteiger partial charge >= 0.3 is 0 Å². The van der Waals surface area contributed by atoms with Gasteiger partial charge in [-0.1, -0.05) is 6.42 Å². The van der Waals surface area contributed by atoms with Crippen LogP contribution in [0.5, 0.6) is 0 Å². The summed E-state index contributed by atoms with van der Waals surface area (Å²) in [6, 6.07) is 1.09. The molecular formula is C20H41N5O. The second-order valence-electron chi connectivity index (χ2n) is 7.66. The molecule has 1 rings (SSSR count). The fraction of sp³-hybridized carbons (Fsp3) is 0.900. The Morgan fingerprint density at radius 2 is 1.88 bits per heavy atom. The van der Waals surface area contributed by atoms with E-state index >= 15 is 0 Å². The van der Waals surface area contributed by atoms with E-state index in [0.717, 1.165) is 70.9 Å². The Morgan fingerprint density at radius 1 is 1.15 bits per heavy atom. The summed E-state index contributed by atoms with van der Waals surface area (Å²) in [5, 5.41) is 6.75. The number of likely N-dealkylation sites (tertiary alicyclic amines) is 1. The smallest absolute Gasteiger partial charge is 0.222 e. The van der Waals surface area contributed by atoms with Crippen molar-refractivity contribution in [3.05, 3.63) is 0 Å². The number of carbonyl (C=O) groups is 1. The molecule has 6 nitrogen and oxygen atoms in total. The van der Waals surface area contributed by atoms with E-state index in [4.69, 9.17) is 0 Å². The number of aliphatic imine (C=N–C) groups is 1. The molecule has 1 fully saturated rings. The summed E-state index contributed by atoms with van der Waals surface area (Å²) in [7, 11) is 0. The van der Waals surface area contributed by atoms with E-state index in [-0.39, 0.29) is 0 Å². The monoisotopic (exact) mass is 367 g/mol. The van der Waals surface area contributed by atoms with Crippen molar-refractivity contribution in [2.45, 2.75) is 78.8 Å². The number of amides is 1. The molecule has 1 amide bonds. The van der Waals surface area contributed by atoms with Gasteiger partial charge in [-0.05, 0) is 53.9 Å². The van der Waals surface area contributed by atoms with Crippen LogP contribution < -0.4 is 10.6 Å². The first kappa shape index (κ1) is 22.7. The lowest BCUT2D eigenvalue weighted by molar-refractivity contribution is -0.130. The molecule has 0 aliphatic carbocycles. The van der Waals surface area contributed by atoms with Gasteiger partial charge < -0.3 is 15.5 Å². The minimum atomic E-state index is 0.318. The third-order valence-corrected chi connectivity index (χ3v) is 4.86. The molecule has 152 valence electrons. The molecule has 0 atom stereocenters. The number of hydrogen-bond acceptors (Lipinski definition) is 3. The summed E-state index contributed by atoms with van der Waals surface area (Å²) in [5.74, 6) is 1.20. The maximum Gasteiger partial charge on any atom is 0.222 e. The quantitative estimate of drug-likeness (QED) is 0.354. The normalized spacial score (nSPS) is 16.5. The highest BCUT2D eigenvalue weighted by Gasteiger charge is 2.15. The van der Waals surface area contributed by atoms with Gasteiger partial charge in [-0.3, -0.25) is 14.7 Å². The molecule has 0 spiro atoms. The lowest BCUT2D eigenvalue weighted by atomic mass is 10.2. The Morgan fingerprint density at radius 3 is 2.54 bits per heavy atom. The van der Waals surface area contributed by atoms with Crippen molar-refractivity contribution in [3.8, 4) is 0 Å². The molecule has 1 saturated heterocycles. The molecular weight excluding hydrogens is 326 g/mol. The standard InChI is InChI=1S/C20H41N5O/c1-6-21-20(23-13-16-25(17(2)3)18(4)5)22-12-10-15-24-14-9-7-8-11-19(24)26/h17-18H,6-16H2,1-5H3,(H2,21,22,23). The van der Waals surface area contributed by atoms with Gasteiger partial charge in [-0.15, -0.1) is 0 Å².